The van der Waals surface area contributed by atoms with Gasteiger partial charge in [-0.25, -0.2) is 0 Å². The minimum atomic E-state index is -0.232. The van der Waals surface area contributed by atoms with Crippen LogP contribution in [0.25, 0.3) is 0 Å². The second-order valence-corrected chi connectivity index (χ2v) is 4.99. The average Bonchev–Trinajstić information content (AvgIpc) is 2.28. The van der Waals surface area contributed by atoms with E-state index in [9.17, 15) is 0 Å². The molecule has 0 saturated heterocycles. The summed E-state index contributed by atoms with van der Waals surface area (Å²) < 4.78 is 10.4. The maximum absolute atomic E-state index is 6.36. The summed E-state index contributed by atoms with van der Waals surface area (Å²) in [5, 5.41) is 0.610. The molecule has 0 unspecified atom stereocenters. The van der Waals surface area contributed by atoms with Gasteiger partial charge in [-0.3, -0.25) is 0 Å². The van der Waals surface area contributed by atoms with Gasteiger partial charge in [0.15, 0.2) is 0 Å². The molecule has 0 bridgehead atoms. The summed E-state index contributed by atoms with van der Waals surface area (Å²) in [5.41, 5.74) is 8.29. The molecule has 2 N–H and O–H groups in total. The van der Waals surface area contributed by atoms with Crippen molar-refractivity contribution in [1.29, 1.82) is 0 Å². The van der Waals surface area contributed by atoms with Crippen molar-refractivity contribution in [3.8, 4) is 5.75 Å². The van der Waals surface area contributed by atoms with Crippen LogP contribution in [0.2, 0.25) is 5.02 Å². The van der Waals surface area contributed by atoms with Gasteiger partial charge in [0.25, 0.3) is 0 Å². The molecule has 0 amide bonds. The maximum Gasteiger partial charge on any atom is 0.137 e. The fourth-order valence-corrected chi connectivity index (χ4v) is 2.56. The van der Waals surface area contributed by atoms with E-state index in [1.807, 2.05) is 12.1 Å². The van der Waals surface area contributed by atoms with E-state index in [0.29, 0.717) is 17.4 Å². The van der Waals surface area contributed by atoms with E-state index in [-0.39, 0.29) is 5.54 Å². The number of hydrogen-bond acceptors (Lipinski definition) is 3. The zero-order valence-electron chi connectivity index (χ0n) is 10.3. The second kappa shape index (κ2) is 4.84. The lowest BCUT2D eigenvalue weighted by atomic mass is 9.71. The summed E-state index contributed by atoms with van der Waals surface area (Å²) in [6, 6.07) is 3.85. The van der Waals surface area contributed by atoms with Gasteiger partial charge in [0.2, 0.25) is 0 Å². The maximum atomic E-state index is 6.36. The van der Waals surface area contributed by atoms with E-state index in [0.717, 1.165) is 24.0 Å². The lowest BCUT2D eigenvalue weighted by molar-refractivity contribution is 0.177. The normalized spacial score (nSPS) is 17.6. The third-order valence-electron chi connectivity index (χ3n) is 3.46. The van der Waals surface area contributed by atoms with Crippen molar-refractivity contribution < 1.29 is 9.47 Å². The van der Waals surface area contributed by atoms with Gasteiger partial charge in [-0.1, -0.05) is 11.6 Å². The monoisotopic (exact) mass is 255 g/mol. The summed E-state index contributed by atoms with van der Waals surface area (Å²) in [4.78, 5) is 0. The van der Waals surface area contributed by atoms with Gasteiger partial charge >= 0.3 is 0 Å². The zero-order chi connectivity index (χ0) is 12.5. The van der Waals surface area contributed by atoms with Crippen molar-refractivity contribution in [1.82, 2.24) is 0 Å². The molecule has 0 aromatic heterocycles. The summed E-state index contributed by atoms with van der Waals surface area (Å²) in [5.74, 6) is 0.672. The van der Waals surface area contributed by atoms with Crippen molar-refractivity contribution in [2.75, 3.05) is 14.2 Å². The van der Waals surface area contributed by atoms with E-state index >= 15 is 0 Å². The van der Waals surface area contributed by atoms with E-state index in [1.165, 1.54) is 6.42 Å². The van der Waals surface area contributed by atoms with Crippen LogP contribution in [0.15, 0.2) is 12.1 Å². The quantitative estimate of drug-likeness (QED) is 0.900. The zero-order valence-corrected chi connectivity index (χ0v) is 11.0. The Kier molecular flexibility index (Phi) is 3.61. The Labute approximate surface area is 107 Å². The van der Waals surface area contributed by atoms with Crippen LogP contribution in [0.3, 0.4) is 0 Å². The van der Waals surface area contributed by atoms with Crippen LogP contribution < -0.4 is 10.5 Å². The molecule has 17 heavy (non-hydrogen) atoms. The molecule has 4 heteroatoms. The number of hydrogen-bond donors (Lipinski definition) is 1. The fourth-order valence-electron chi connectivity index (χ4n) is 2.32. The molecule has 3 nitrogen and oxygen atoms in total. The Hall–Kier alpha value is -0.770. The number of nitrogens with two attached hydrogens (primary N) is 1. The van der Waals surface area contributed by atoms with Gasteiger partial charge in [-0.15, -0.1) is 0 Å². The Bertz CT molecular complexity index is 416. The Balaban J connectivity index is 2.45. The van der Waals surface area contributed by atoms with Crippen LogP contribution >= 0.6 is 11.6 Å². The molecular weight excluding hydrogens is 238 g/mol. The van der Waals surface area contributed by atoms with Crippen molar-refractivity contribution in [3.63, 3.8) is 0 Å². The highest BCUT2D eigenvalue weighted by molar-refractivity contribution is 6.32. The van der Waals surface area contributed by atoms with Crippen molar-refractivity contribution in [2.45, 2.75) is 31.4 Å². The first-order valence-corrected chi connectivity index (χ1v) is 6.13. The molecule has 1 fully saturated rings. The molecule has 1 aromatic rings. The molecule has 0 heterocycles. The first-order valence-electron chi connectivity index (χ1n) is 5.75. The average molecular weight is 256 g/mol. The smallest absolute Gasteiger partial charge is 0.137 e. The summed E-state index contributed by atoms with van der Waals surface area (Å²) >= 11 is 6.17. The van der Waals surface area contributed by atoms with Gasteiger partial charge in [-0.2, -0.15) is 0 Å². The van der Waals surface area contributed by atoms with Crippen molar-refractivity contribution in [2.24, 2.45) is 5.73 Å². The van der Waals surface area contributed by atoms with Gasteiger partial charge in [0, 0.05) is 12.6 Å². The van der Waals surface area contributed by atoms with Gasteiger partial charge in [0.1, 0.15) is 5.75 Å². The third kappa shape index (κ3) is 2.28. The Morgan fingerprint density at radius 2 is 2.06 bits per heavy atom. The lowest BCUT2D eigenvalue weighted by Gasteiger charge is -2.40. The van der Waals surface area contributed by atoms with Crippen molar-refractivity contribution >= 4 is 11.6 Å². The Morgan fingerprint density at radius 3 is 2.53 bits per heavy atom. The van der Waals surface area contributed by atoms with Crippen molar-refractivity contribution in [3.05, 3.63) is 28.3 Å². The predicted octanol–water partition coefficient (Wildman–Crippen LogP) is 2.83. The third-order valence-corrected chi connectivity index (χ3v) is 3.76. The summed E-state index contributed by atoms with van der Waals surface area (Å²) in [6.45, 7) is 0.530. The van der Waals surface area contributed by atoms with E-state index in [1.54, 1.807) is 14.2 Å². The van der Waals surface area contributed by atoms with Crippen LogP contribution in [0.5, 0.6) is 5.75 Å². The standard InChI is InChI=1S/C13H18ClNO2/c1-16-8-9-6-12(17-2)11(14)7-10(9)13(15)4-3-5-13/h6-7H,3-5,8,15H2,1-2H3. The molecule has 0 atom stereocenters. The lowest BCUT2D eigenvalue weighted by Crippen LogP contribution is -2.44. The molecule has 0 aliphatic heterocycles. The van der Waals surface area contributed by atoms with Gasteiger partial charge in [-0.05, 0) is 42.5 Å². The summed E-state index contributed by atoms with van der Waals surface area (Å²) in [7, 11) is 3.29. The van der Waals surface area contributed by atoms with Gasteiger partial charge < -0.3 is 15.2 Å². The molecular formula is C13H18ClNO2. The number of benzene rings is 1. The predicted molar refractivity (Wildman–Crippen MR) is 68.4 cm³/mol. The fraction of sp³-hybridized carbons (Fsp3) is 0.538. The minimum absolute atomic E-state index is 0.232. The van der Waals surface area contributed by atoms with Crippen LogP contribution in [0, 0.1) is 0 Å². The second-order valence-electron chi connectivity index (χ2n) is 4.59. The first kappa shape index (κ1) is 12.7. The molecule has 1 aromatic carbocycles. The van der Waals surface area contributed by atoms with Crippen LogP contribution in [-0.4, -0.2) is 14.2 Å². The first-order chi connectivity index (χ1) is 8.10. The van der Waals surface area contributed by atoms with E-state index in [4.69, 9.17) is 26.8 Å². The van der Waals surface area contributed by atoms with E-state index in [2.05, 4.69) is 0 Å². The highest BCUT2D eigenvalue weighted by atomic mass is 35.5. The molecule has 1 saturated carbocycles. The topological polar surface area (TPSA) is 44.5 Å². The Morgan fingerprint density at radius 1 is 1.35 bits per heavy atom. The molecule has 0 spiro atoms. The molecule has 94 valence electrons. The van der Waals surface area contributed by atoms with Gasteiger partial charge in [0.05, 0.1) is 18.7 Å². The SMILES string of the molecule is COCc1cc(OC)c(Cl)cc1C1(N)CCC1. The van der Waals surface area contributed by atoms with Crippen LogP contribution in [0.1, 0.15) is 30.4 Å². The summed E-state index contributed by atoms with van der Waals surface area (Å²) in [6.07, 6.45) is 3.19. The molecule has 1 aliphatic rings. The number of ether oxygens (including phenoxy) is 2. The van der Waals surface area contributed by atoms with Crippen LogP contribution in [0.4, 0.5) is 0 Å². The number of rotatable bonds is 4. The number of methoxy groups -OCH3 is 2. The van der Waals surface area contributed by atoms with E-state index < -0.39 is 0 Å². The number of halogens is 1. The highest BCUT2D eigenvalue weighted by Crippen LogP contribution is 2.43. The molecule has 2 rings (SSSR count). The largest absolute Gasteiger partial charge is 0.495 e. The molecule has 1 aliphatic carbocycles. The molecule has 0 radical (unpaired) electrons. The minimum Gasteiger partial charge on any atom is -0.495 e. The highest BCUT2D eigenvalue weighted by Gasteiger charge is 2.36. The van der Waals surface area contributed by atoms with Crippen LogP contribution in [-0.2, 0) is 16.9 Å².